The van der Waals surface area contributed by atoms with Gasteiger partial charge in [-0.1, -0.05) is 64.8 Å². The maximum Gasteiger partial charge on any atom is 0.0721 e. The zero-order valence-electron chi connectivity index (χ0n) is 11.4. The van der Waals surface area contributed by atoms with Gasteiger partial charge in [0, 0.05) is 4.47 Å². The maximum absolute atomic E-state index is 5.77. The molecule has 104 valence electrons. The number of rotatable bonds is 4. The van der Waals surface area contributed by atoms with E-state index in [9.17, 15) is 0 Å². The van der Waals surface area contributed by atoms with E-state index in [1.54, 1.807) is 0 Å². The van der Waals surface area contributed by atoms with Crippen LogP contribution in [0.25, 0.3) is 0 Å². The van der Waals surface area contributed by atoms with Crippen molar-refractivity contribution >= 4 is 15.9 Å². The van der Waals surface area contributed by atoms with Gasteiger partial charge >= 0.3 is 0 Å². The predicted octanol–water partition coefficient (Wildman–Crippen LogP) is 4.27. The Labute approximate surface area is 128 Å². The molecular formula is C17H19BrN2. The molecule has 1 fully saturated rings. The molecule has 0 amide bonds. The third-order valence-electron chi connectivity index (χ3n) is 4.23. The number of hydrogen-bond donors (Lipinski definition) is 2. The van der Waals surface area contributed by atoms with E-state index in [0.717, 1.165) is 16.0 Å². The lowest BCUT2D eigenvalue weighted by Crippen LogP contribution is -2.29. The number of hydrogen-bond acceptors (Lipinski definition) is 2. The third kappa shape index (κ3) is 2.66. The molecule has 0 saturated heterocycles. The summed E-state index contributed by atoms with van der Waals surface area (Å²) >= 11 is 3.60. The molecule has 3 N–H and O–H groups in total. The second-order valence-electron chi connectivity index (χ2n) is 5.42. The van der Waals surface area contributed by atoms with Crippen LogP contribution in [-0.2, 0) is 0 Å². The van der Waals surface area contributed by atoms with E-state index in [1.807, 2.05) is 18.2 Å². The highest BCUT2D eigenvalue weighted by atomic mass is 79.9. The number of benzene rings is 2. The summed E-state index contributed by atoms with van der Waals surface area (Å²) < 4.78 is 1.08. The summed E-state index contributed by atoms with van der Waals surface area (Å²) in [6, 6.07) is 17.1. The standard InChI is InChI=1S/C17H19BrN2/c18-16-7-2-1-6-15(16)17(20-19)14-10-8-13(9-11-14)12-4-3-5-12/h1-2,6-12,17,20H,3-5,19H2. The molecular weight excluding hydrogens is 312 g/mol. The van der Waals surface area contributed by atoms with E-state index in [4.69, 9.17) is 5.84 Å². The monoisotopic (exact) mass is 330 g/mol. The van der Waals surface area contributed by atoms with Crippen molar-refractivity contribution in [2.75, 3.05) is 0 Å². The van der Waals surface area contributed by atoms with Crippen molar-refractivity contribution in [1.29, 1.82) is 0 Å². The van der Waals surface area contributed by atoms with Crippen LogP contribution in [0.15, 0.2) is 53.0 Å². The molecule has 0 aliphatic heterocycles. The molecule has 0 spiro atoms. The second kappa shape index (κ2) is 6.08. The van der Waals surface area contributed by atoms with Gasteiger partial charge in [-0.2, -0.15) is 0 Å². The van der Waals surface area contributed by atoms with Crippen LogP contribution in [-0.4, -0.2) is 0 Å². The van der Waals surface area contributed by atoms with Crippen LogP contribution in [0, 0.1) is 0 Å². The van der Waals surface area contributed by atoms with Gasteiger partial charge in [0.1, 0.15) is 0 Å². The summed E-state index contributed by atoms with van der Waals surface area (Å²) in [7, 11) is 0. The summed E-state index contributed by atoms with van der Waals surface area (Å²) in [5, 5.41) is 0. The zero-order valence-corrected chi connectivity index (χ0v) is 12.9. The second-order valence-corrected chi connectivity index (χ2v) is 6.27. The number of halogens is 1. The molecule has 1 aliphatic rings. The fraction of sp³-hybridized carbons (Fsp3) is 0.294. The Kier molecular flexibility index (Phi) is 4.20. The minimum atomic E-state index is 0.0148. The Balaban J connectivity index is 1.87. The van der Waals surface area contributed by atoms with Crippen LogP contribution in [0.3, 0.4) is 0 Å². The van der Waals surface area contributed by atoms with Crippen molar-refractivity contribution in [3.05, 3.63) is 69.7 Å². The molecule has 1 unspecified atom stereocenters. The third-order valence-corrected chi connectivity index (χ3v) is 4.95. The normalized spacial score (nSPS) is 16.7. The topological polar surface area (TPSA) is 38.0 Å². The minimum Gasteiger partial charge on any atom is -0.271 e. The molecule has 1 aliphatic carbocycles. The Bertz CT molecular complexity index is 576. The summed E-state index contributed by atoms with van der Waals surface area (Å²) in [6.07, 6.45) is 4.04. The van der Waals surface area contributed by atoms with Crippen LogP contribution in [0.4, 0.5) is 0 Å². The Morgan fingerprint density at radius 3 is 2.30 bits per heavy atom. The predicted molar refractivity (Wildman–Crippen MR) is 86.3 cm³/mol. The van der Waals surface area contributed by atoms with E-state index in [2.05, 4.69) is 51.7 Å². The van der Waals surface area contributed by atoms with E-state index < -0.39 is 0 Å². The molecule has 0 aromatic heterocycles. The quantitative estimate of drug-likeness (QED) is 0.649. The molecule has 0 bridgehead atoms. The lowest BCUT2D eigenvalue weighted by molar-refractivity contribution is 0.419. The highest BCUT2D eigenvalue weighted by Gasteiger charge is 2.20. The molecule has 3 heteroatoms. The average Bonchev–Trinajstić information content (AvgIpc) is 2.41. The van der Waals surface area contributed by atoms with Gasteiger partial charge < -0.3 is 0 Å². The molecule has 1 saturated carbocycles. The minimum absolute atomic E-state index is 0.0148. The lowest BCUT2D eigenvalue weighted by atomic mass is 9.79. The van der Waals surface area contributed by atoms with Gasteiger partial charge in [0.05, 0.1) is 6.04 Å². The van der Waals surface area contributed by atoms with Gasteiger partial charge in [-0.15, -0.1) is 0 Å². The van der Waals surface area contributed by atoms with Crippen LogP contribution < -0.4 is 11.3 Å². The van der Waals surface area contributed by atoms with Crippen molar-refractivity contribution < 1.29 is 0 Å². The average molecular weight is 331 g/mol. The molecule has 2 aromatic carbocycles. The van der Waals surface area contributed by atoms with Crippen molar-refractivity contribution in [3.63, 3.8) is 0 Å². The summed E-state index contributed by atoms with van der Waals surface area (Å²) in [5.74, 6) is 6.54. The van der Waals surface area contributed by atoms with Crippen LogP contribution in [0.1, 0.15) is 47.9 Å². The smallest absolute Gasteiger partial charge is 0.0721 e. The SMILES string of the molecule is NNC(c1ccc(C2CCC2)cc1)c1ccccc1Br. The van der Waals surface area contributed by atoms with Gasteiger partial charge in [0.15, 0.2) is 0 Å². The van der Waals surface area contributed by atoms with Gasteiger partial charge in [-0.05, 0) is 41.5 Å². The largest absolute Gasteiger partial charge is 0.271 e. The maximum atomic E-state index is 5.77. The number of nitrogens with one attached hydrogen (secondary N) is 1. The molecule has 20 heavy (non-hydrogen) atoms. The summed E-state index contributed by atoms with van der Waals surface area (Å²) in [5.41, 5.74) is 6.74. The first kappa shape index (κ1) is 13.8. The lowest BCUT2D eigenvalue weighted by Gasteiger charge is -2.26. The first-order valence-corrected chi connectivity index (χ1v) is 7.89. The van der Waals surface area contributed by atoms with E-state index in [1.165, 1.54) is 30.4 Å². The zero-order chi connectivity index (χ0) is 13.9. The first-order chi connectivity index (χ1) is 9.79. The molecule has 2 aromatic rings. The fourth-order valence-electron chi connectivity index (χ4n) is 2.78. The fourth-order valence-corrected chi connectivity index (χ4v) is 3.29. The molecule has 0 heterocycles. The van der Waals surface area contributed by atoms with Crippen LogP contribution in [0.2, 0.25) is 0 Å². The van der Waals surface area contributed by atoms with Gasteiger partial charge in [-0.3, -0.25) is 5.84 Å². The van der Waals surface area contributed by atoms with Crippen molar-refractivity contribution in [2.24, 2.45) is 5.84 Å². The Morgan fingerprint density at radius 1 is 1.05 bits per heavy atom. The van der Waals surface area contributed by atoms with Crippen LogP contribution in [0.5, 0.6) is 0 Å². The molecule has 2 nitrogen and oxygen atoms in total. The van der Waals surface area contributed by atoms with E-state index in [-0.39, 0.29) is 6.04 Å². The summed E-state index contributed by atoms with van der Waals surface area (Å²) in [6.45, 7) is 0. The van der Waals surface area contributed by atoms with E-state index >= 15 is 0 Å². The van der Waals surface area contributed by atoms with Gasteiger partial charge in [0.2, 0.25) is 0 Å². The first-order valence-electron chi connectivity index (χ1n) is 7.10. The van der Waals surface area contributed by atoms with Crippen LogP contribution >= 0.6 is 15.9 Å². The molecule has 0 radical (unpaired) electrons. The highest BCUT2D eigenvalue weighted by molar-refractivity contribution is 9.10. The van der Waals surface area contributed by atoms with Crippen molar-refractivity contribution in [1.82, 2.24) is 5.43 Å². The highest BCUT2D eigenvalue weighted by Crippen LogP contribution is 2.37. The van der Waals surface area contributed by atoms with Crippen molar-refractivity contribution in [3.8, 4) is 0 Å². The summed E-state index contributed by atoms with van der Waals surface area (Å²) in [4.78, 5) is 0. The van der Waals surface area contributed by atoms with E-state index in [0.29, 0.717) is 0 Å². The number of hydrazine groups is 1. The molecule has 3 rings (SSSR count). The Morgan fingerprint density at radius 2 is 1.75 bits per heavy atom. The van der Waals surface area contributed by atoms with Crippen molar-refractivity contribution in [2.45, 2.75) is 31.2 Å². The molecule has 1 atom stereocenters. The van der Waals surface area contributed by atoms with Gasteiger partial charge in [-0.25, -0.2) is 5.43 Å². The Hall–Kier alpha value is -1.16. The number of nitrogens with two attached hydrogens (primary N) is 1. The van der Waals surface area contributed by atoms with Gasteiger partial charge in [0.25, 0.3) is 0 Å².